The second-order valence-electron chi connectivity index (χ2n) is 5.67. The summed E-state index contributed by atoms with van der Waals surface area (Å²) in [5.74, 6) is -2.03. The van der Waals surface area contributed by atoms with Gasteiger partial charge in [-0.1, -0.05) is 6.58 Å². The SMILES string of the molecule is C=C1NC=C(OC(=O)/C=C/C(=O)OCCCCN2CCOCC2)C(=O)N1. The zero-order valence-electron chi connectivity index (χ0n) is 14.5. The third-order valence-corrected chi connectivity index (χ3v) is 3.65. The molecule has 0 bridgehead atoms. The summed E-state index contributed by atoms with van der Waals surface area (Å²) in [7, 11) is 0. The molecule has 0 radical (unpaired) electrons. The molecule has 1 fully saturated rings. The van der Waals surface area contributed by atoms with E-state index < -0.39 is 17.8 Å². The molecule has 0 aromatic heterocycles. The van der Waals surface area contributed by atoms with Crippen molar-refractivity contribution in [2.24, 2.45) is 0 Å². The summed E-state index contributed by atoms with van der Waals surface area (Å²) < 4.78 is 15.1. The van der Waals surface area contributed by atoms with Gasteiger partial charge >= 0.3 is 11.9 Å². The molecule has 2 aliphatic rings. The van der Waals surface area contributed by atoms with Crippen molar-refractivity contribution in [2.75, 3.05) is 39.5 Å². The molecule has 0 unspecified atom stereocenters. The number of nitrogens with one attached hydrogen (secondary N) is 2. The van der Waals surface area contributed by atoms with Crippen LogP contribution >= 0.6 is 0 Å². The summed E-state index contributed by atoms with van der Waals surface area (Å²) in [6.45, 7) is 8.11. The van der Waals surface area contributed by atoms with E-state index >= 15 is 0 Å². The van der Waals surface area contributed by atoms with Gasteiger partial charge in [0.15, 0.2) is 0 Å². The molecule has 2 N–H and O–H groups in total. The number of amides is 1. The molecule has 1 saturated heterocycles. The third kappa shape index (κ3) is 7.08. The lowest BCUT2D eigenvalue weighted by molar-refractivity contribution is -0.140. The highest BCUT2D eigenvalue weighted by atomic mass is 16.5. The molecule has 0 spiro atoms. The fourth-order valence-corrected chi connectivity index (χ4v) is 2.29. The lowest BCUT2D eigenvalue weighted by atomic mass is 10.3. The molecular weight excluding hydrogens is 342 g/mol. The van der Waals surface area contributed by atoms with Crippen molar-refractivity contribution < 1.29 is 28.6 Å². The van der Waals surface area contributed by atoms with Gasteiger partial charge in [0.1, 0.15) is 5.82 Å². The second kappa shape index (κ2) is 10.4. The van der Waals surface area contributed by atoms with E-state index in [-0.39, 0.29) is 18.2 Å². The largest absolute Gasteiger partial charge is 0.463 e. The Morgan fingerprint density at radius 2 is 1.96 bits per heavy atom. The molecule has 0 aromatic rings. The van der Waals surface area contributed by atoms with E-state index in [4.69, 9.17) is 14.2 Å². The van der Waals surface area contributed by atoms with Crippen LogP contribution < -0.4 is 10.6 Å². The van der Waals surface area contributed by atoms with Crippen LogP contribution in [-0.2, 0) is 28.6 Å². The van der Waals surface area contributed by atoms with E-state index in [1.54, 1.807) is 0 Å². The minimum Gasteiger partial charge on any atom is -0.463 e. The summed E-state index contributed by atoms with van der Waals surface area (Å²) in [5, 5.41) is 4.95. The smallest absolute Gasteiger partial charge is 0.336 e. The Morgan fingerprint density at radius 3 is 2.69 bits per heavy atom. The summed E-state index contributed by atoms with van der Waals surface area (Å²) in [6, 6.07) is 0. The van der Waals surface area contributed by atoms with Gasteiger partial charge in [0, 0.05) is 25.2 Å². The lowest BCUT2D eigenvalue weighted by Crippen LogP contribution is -2.36. The minimum absolute atomic E-state index is 0.219. The lowest BCUT2D eigenvalue weighted by Gasteiger charge is -2.26. The molecule has 1 amide bonds. The number of carbonyl (C=O) groups is 3. The van der Waals surface area contributed by atoms with Crippen LogP contribution in [0.4, 0.5) is 0 Å². The quantitative estimate of drug-likeness (QED) is 0.345. The fourth-order valence-electron chi connectivity index (χ4n) is 2.29. The van der Waals surface area contributed by atoms with Gasteiger partial charge in [0.2, 0.25) is 5.76 Å². The highest BCUT2D eigenvalue weighted by molar-refractivity contribution is 5.98. The molecule has 0 aliphatic carbocycles. The standard InChI is InChI=1S/C17H23N3O6/c1-13-18-12-14(17(23)19-13)26-16(22)5-4-15(21)25-9-3-2-6-20-7-10-24-11-8-20/h4-5,12,18H,1-3,6-11H2,(H,19,23)/b5-4+. The van der Waals surface area contributed by atoms with Crippen molar-refractivity contribution in [1.29, 1.82) is 0 Å². The van der Waals surface area contributed by atoms with Gasteiger partial charge in [0.05, 0.1) is 26.0 Å². The van der Waals surface area contributed by atoms with E-state index in [2.05, 4.69) is 22.1 Å². The van der Waals surface area contributed by atoms with Gasteiger partial charge in [-0.25, -0.2) is 9.59 Å². The van der Waals surface area contributed by atoms with Crippen LogP contribution in [0.15, 0.2) is 36.5 Å². The van der Waals surface area contributed by atoms with Gasteiger partial charge in [-0.3, -0.25) is 9.69 Å². The van der Waals surface area contributed by atoms with E-state index in [1.165, 1.54) is 6.20 Å². The Hall–Kier alpha value is -2.65. The summed E-state index contributed by atoms with van der Waals surface area (Å²) in [6.07, 6.45) is 4.75. The highest BCUT2D eigenvalue weighted by Crippen LogP contribution is 2.04. The number of ether oxygens (including phenoxy) is 3. The molecule has 2 aliphatic heterocycles. The first-order valence-corrected chi connectivity index (χ1v) is 8.38. The molecular formula is C17H23N3O6. The van der Waals surface area contributed by atoms with Crippen molar-refractivity contribution in [3.05, 3.63) is 36.5 Å². The van der Waals surface area contributed by atoms with Crippen molar-refractivity contribution in [2.45, 2.75) is 12.8 Å². The van der Waals surface area contributed by atoms with E-state index in [9.17, 15) is 14.4 Å². The van der Waals surface area contributed by atoms with Gasteiger partial charge in [0.25, 0.3) is 5.91 Å². The summed E-state index contributed by atoms with van der Waals surface area (Å²) in [5.41, 5.74) is 0. The van der Waals surface area contributed by atoms with E-state index in [1.807, 2.05) is 0 Å². The molecule has 2 rings (SSSR count). The molecule has 9 nitrogen and oxygen atoms in total. The first-order chi connectivity index (χ1) is 12.5. The van der Waals surface area contributed by atoms with Crippen LogP contribution in [0.5, 0.6) is 0 Å². The minimum atomic E-state index is -0.857. The molecule has 0 aromatic carbocycles. The average Bonchev–Trinajstić information content (AvgIpc) is 2.63. The van der Waals surface area contributed by atoms with Gasteiger partial charge in [-0.15, -0.1) is 0 Å². The van der Waals surface area contributed by atoms with Crippen molar-refractivity contribution >= 4 is 17.8 Å². The Morgan fingerprint density at radius 1 is 1.23 bits per heavy atom. The Kier molecular flexibility index (Phi) is 7.84. The van der Waals surface area contributed by atoms with Crippen LogP contribution in [0.25, 0.3) is 0 Å². The van der Waals surface area contributed by atoms with Gasteiger partial charge in [-0.05, 0) is 19.4 Å². The zero-order valence-corrected chi connectivity index (χ0v) is 14.5. The Labute approximate surface area is 151 Å². The van der Waals surface area contributed by atoms with Crippen LogP contribution in [0.2, 0.25) is 0 Å². The molecule has 2 heterocycles. The van der Waals surface area contributed by atoms with Crippen molar-refractivity contribution in [3.8, 4) is 0 Å². The van der Waals surface area contributed by atoms with Crippen LogP contribution in [-0.4, -0.2) is 62.2 Å². The van der Waals surface area contributed by atoms with Crippen LogP contribution in [0.1, 0.15) is 12.8 Å². The molecule has 0 saturated carbocycles. The predicted octanol–water partition coefficient (Wildman–Crippen LogP) is -0.227. The summed E-state index contributed by atoms with van der Waals surface area (Å²) >= 11 is 0. The second-order valence-corrected chi connectivity index (χ2v) is 5.67. The predicted molar refractivity (Wildman–Crippen MR) is 91.2 cm³/mol. The zero-order chi connectivity index (χ0) is 18.8. The molecule has 9 heteroatoms. The van der Waals surface area contributed by atoms with Crippen molar-refractivity contribution in [1.82, 2.24) is 15.5 Å². The topological polar surface area (TPSA) is 106 Å². The summed E-state index contributed by atoms with van der Waals surface area (Å²) in [4.78, 5) is 37.0. The molecule has 0 atom stereocenters. The number of carbonyl (C=O) groups excluding carboxylic acids is 3. The normalized spacial score (nSPS) is 18.1. The molecule has 142 valence electrons. The van der Waals surface area contributed by atoms with Crippen LogP contribution in [0.3, 0.4) is 0 Å². The van der Waals surface area contributed by atoms with Crippen molar-refractivity contribution in [3.63, 3.8) is 0 Å². The highest BCUT2D eigenvalue weighted by Gasteiger charge is 2.18. The maximum Gasteiger partial charge on any atom is 0.336 e. The fraction of sp³-hybridized carbons (Fsp3) is 0.471. The Balaban J connectivity index is 1.58. The maximum atomic E-state index is 11.6. The van der Waals surface area contributed by atoms with E-state index in [0.717, 1.165) is 57.8 Å². The number of rotatable bonds is 8. The average molecular weight is 365 g/mol. The third-order valence-electron chi connectivity index (χ3n) is 3.65. The first-order valence-electron chi connectivity index (χ1n) is 8.38. The van der Waals surface area contributed by atoms with Gasteiger partial charge < -0.3 is 24.8 Å². The molecule has 26 heavy (non-hydrogen) atoms. The number of hydrogen-bond acceptors (Lipinski definition) is 8. The number of unbranched alkanes of at least 4 members (excludes halogenated alkanes) is 1. The first kappa shape index (κ1) is 19.7. The Bertz CT molecular complexity index is 608. The monoisotopic (exact) mass is 365 g/mol. The number of esters is 2. The number of hydrogen-bond donors (Lipinski definition) is 2. The maximum absolute atomic E-state index is 11.6. The number of nitrogens with zero attached hydrogens (tertiary/aromatic N) is 1. The number of morpholine rings is 1. The van der Waals surface area contributed by atoms with E-state index in [0.29, 0.717) is 0 Å². The van der Waals surface area contributed by atoms with Gasteiger partial charge in [-0.2, -0.15) is 0 Å². The van der Waals surface area contributed by atoms with Crippen LogP contribution in [0, 0.1) is 0 Å².